The van der Waals surface area contributed by atoms with E-state index in [9.17, 15) is 10.1 Å². The molecule has 1 atom stereocenters. The van der Waals surface area contributed by atoms with Crippen LogP contribution in [0.1, 0.15) is 33.3 Å². The number of carbonyl (C=O) groups is 1. The second-order valence-electron chi connectivity index (χ2n) is 10.0. The molecule has 0 N–H and O–H groups in total. The van der Waals surface area contributed by atoms with Gasteiger partial charge in [-0.25, -0.2) is 19.7 Å². The summed E-state index contributed by atoms with van der Waals surface area (Å²) in [6.45, 7) is 9.27. The maximum absolute atomic E-state index is 12.7. The first kappa shape index (κ1) is 24.2. The largest absolute Gasteiger partial charge is 0.444 e. The quantitative estimate of drug-likeness (QED) is 0.415. The Morgan fingerprint density at radius 3 is 2.65 bits per heavy atom. The van der Waals surface area contributed by atoms with E-state index in [-0.39, 0.29) is 12.1 Å². The minimum atomic E-state index is -0.548. The number of piperazine rings is 1. The Morgan fingerprint density at radius 2 is 1.95 bits per heavy atom. The molecule has 4 aromatic rings. The highest BCUT2D eigenvalue weighted by Gasteiger charge is 2.32. The average molecular weight is 497 g/mol. The zero-order valence-corrected chi connectivity index (χ0v) is 21.3. The number of nitriles is 1. The first-order chi connectivity index (χ1) is 17.7. The van der Waals surface area contributed by atoms with Crippen molar-refractivity contribution in [3.63, 3.8) is 0 Å². The molecule has 1 fully saturated rings. The fourth-order valence-electron chi connectivity index (χ4n) is 4.54. The van der Waals surface area contributed by atoms with Gasteiger partial charge in [0.05, 0.1) is 22.7 Å². The lowest BCUT2D eigenvalue weighted by Gasteiger charge is -2.41. The monoisotopic (exact) mass is 496 g/mol. The van der Waals surface area contributed by atoms with Crippen LogP contribution in [0.15, 0.2) is 55.2 Å². The van der Waals surface area contributed by atoms with Crippen LogP contribution >= 0.6 is 0 Å². The van der Waals surface area contributed by atoms with Gasteiger partial charge in [0.1, 0.15) is 23.6 Å². The summed E-state index contributed by atoms with van der Waals surface area (Å²) in [5, 5.41) is 10.2. The van der Waals surface area contributed by atoms with E-state index in [1.54, 1.807) is 29.4 Å². The first-order valence-corrected chi connectivity index (χ1v) is 12.1. The molecule has 5 heterocycles. The van der Waals surface area contributed by atoms with E-state index < -0.39 is 5.60 Å². The Kier molecular flexibility index (Phi) is 6.21. The molecular formula is C27H28N8O2. The van der Waals surface area contributed by atoms with E-state index >= 15 is 0 Å². The first-order valence-electron chi connectivity index (χ1n) is 12.1. The number of anilines is 1. The number of hydrogen-bond acceptors (Lipinski definition) is 8. The maximum Gasteiger partial charge on any atom is 0.410 e. The number of pyridine rings is 2. The molecule has 10 nitrogen and oxygen atoms in total. The van der Waals surface area contributed by atoms with Gasteiger partial charge in [-0.05, 0) is 52.0 Å². The molecule has 1 aliphatic rings. The molecule has 0 aliphatic carbocycles. The van der Waals surface area contributed by atoms with Crippen molar-refractivity contribution < 1.29 is 9.53 Å². The molecule has 0 radical (unpaired) electrons. The molecule has 188 valence electrons. The van der Waals surface area contributed by atoms with Crippen molar-refractivity contribution in [1.29, 1.82) is 5.26 Å². The summed E-state index contributed by atoms with van der Waals surface area (Å²) >= 11 is 0. The van der Waals surface area contributed by atoms with Gasteiger partial charge in [0.25, 0.3) is 0 Å². The van der Waals surface area contributed by atoms with Gasteiger partial charge < -0.3 is 14.5 Å². The van der Waals surface area contributed by atoms with Crippen LogP contribution in [0.25, 0.3) is 28.1 Å². The van der Waals surface area contributed by atoms with Gasteiger partial charge in [0.15, 0.2) is 5.65 Å². The molecule has 4 aromatic heterocycles. The van der Waals surface area contributed by atoms with E-state index in [0.717, 1.165) is 22.5 Å². The van der Waals surface area contributed by atoms with Crippen LogP contribution in [-0.4, -0.2) is 66.8 Å². The summed E-state index contributed by atoms with van der Waals surface area (Å²) in [5.74, 6) is 1.34. The molecule has 0 spiro atoms. The zero-order chi connectivity index (χ0) is 26.2. The summed E-state index contributed by atoms with van der Waals surface area (Å²) in [6.07, 6.45) is 6.53. The van der Waals surface area contributed by atoms with Gasteiger partial charge in [-0.3, -0.25) is 9.55 Å². The Bertz CT molecular complexity index is 1490. The lowest BCUT2D eigenvalue weighted by atomic mass is 10.1. The number of nitrogens with zero attached hydrogens (tertiary/aromatic N) is 8. The SMILES string of the molecule is CC1CN(C(=O)OC(C)(C)C)CCN1c1ncnc2c1c(-c1ccccn1)cn2-c1cc(C#N)ccn1. The van der Waals surface area contributed by atoms with Gasteiger partial charge in [-0.1, -0.05) is 6.07 Å². The molecule has 10 heteroatoms. The number of rotatable bonds is 3. The third-order valence-electron chi connectivity index (χ3n) is 6.18. The van der Waals surface area contributed by atoms with Gasteiger partial charge in [-0.2, -0.15) is 5.26 Å². The van der Waals surface area contributed by atoms with Crippen molar-refractivity contribution in [3.8, 4) is 23.1 Å². The zero-order valence-electron chi connectivity index (χ0n) is 21.3. The minimum Gasteiger partial charge on any atom is -0.444 e. The molecule has 1 aliphatic heterocycles. The number of fused-ring (bicyclic) bond motifs is 1. The van der Waals surface area contributed by atoms with E-state index in [1.165, 1.54) is 6.33 Å². The van der Waals surface area contributed by atoms with Crippen LogP contribution in [0.2, 0.25) is 0 Å². The van der Waals surface area contributed by atoms with Gasteiger partial charge in [0.2, 0.25) is 0 Å². The summed E-state index contributed by atoms with van der Waals surface area (Å²) < 4.78 is 7.45. The number of aromatic nitrogens is 5. The summed E-state index contributed by atoms with van der Waals surface area (Å²) in [6, 6.07) is 11.3. The number of amides is 1. The highest BCUT2D eigenvalue weighted by atomic mass is 16.6. The van der Waals surface area contributed by atoms with Crippen molar-refractivity contribution in [1.82, 2.24) is 29.4 Å². The molecular weight excluding hydrogens is 468 g/mol. The van der Waals surface area contributed by atoms with Crippen LogP contribution in [0, 0.1) is 11.3 Å². The fraction of sp³-hybridized carbons (Fsp3) is 0.333. The van der Waals surface area contributed by atoms with Crippen LogP contribution in [-0.2, 0) is 4.74 Å². The van der Waals surface area contributed by atoms with Crippen molar-refractivity contribution in [3.05, 3.63) is 60.8 Å². The van der Waals surface area contributed by atoms with E-state index in [2.05, 4.69) is 32.8 Å². The van der Waals surface area contributed by atoms with Crippen molar-refractivity contribution in [2.24, 2.45) is 0 Å². The molecule has 0 aromatic carbocycles. The van der Waals surface area contributed by atoms with Crippen LogP contribution in [0.3, 0.4) is 0 Å². The van der Waals surface area contributed by atoms with Gasteiger partial charge in [0, 0.05) is 49.8 Å². The van der Waals surface area contributed by atoms with E-state index in [4.69, 9.17) is 9.72 Å². The molecule has 1 unspecified atom stereocenters. The summed E-state index contributed by atoms with van der Waals surface area (Å²) in [4.78, 5) is 35.0. The lowest BCUT2D eigenvalue weighted by molar-refractivity contribution is 0.0218. The third kappa shape index (κ3) is 4.80. The maximum atomic E-state index is 12.7. The second-order valence-corrected chi connectivity index (χ2v) is 10.0. The van der Waals surface area contributed by atoms with E-state index in [0.29, 0.717) is 36.7 Å². The molecule has 1 saturated heterocycles. The highest BCUT2D eigenvalue weighted by Crippen LogP contribution is 2.37. The standard InChI is InChI=1S/C27H28N8O2/c1-18-15-33(26(36)37-27(2,3)4)11-12-34(18)24-23-20(21-7-5-6-9-29-21)16-35(25(23)32-17-31-24)22-13-19(14-28)8-10-30-22/h5-10,13,16-18H,11-12,15H2,1-4H3. The Balaban J connectivity index is 1.59. The summed E-state index contributed by atoms with van der Waals surface area (Å²) in [5.41, 5.74) is 2.26. The van der Waals surface area contributed by atoms with Crippen molar-refractivity contribution in [2.45, 2.75) is 39.3 Å². The van der Waals surface area contributed by atoms with Crippen LogP contribution in [0.4, 0.5) is 10.6 Å². The Hall–Kier alpha value is -4.52. The van der Waals surface area contributed by atoms with E-state index in [1.807, 2.05) is 49.7 Å². The lowest BCUT2D eigenvalue weighted by Crippen LogP contribution is -2.54. The molecule has 0 saturated carbocycles. The molecule has 1 amide bonds. The Labute approximate surface area is 215 Å². The smallest absolute Gasteiger partial charge is 0.410 e. The van der Waals surface area contributed by atoms with Crippen LogP contribution in [0.5, 0.6) is 0 Å². The predicted molar refractivity (Wildman–Crippen MR) is 139 cm³/mol. The molecule has 5 rings (SSSR count). The normalized spacial score (nSPS) is 16.0. The number of ether oxygens (including phenoxy) is 1. The topological polar surface area (TPSA) is 113 Å². The third-order valence-corrected chi connectivity index (χ3v) is 6.18. The number of carbonyl (C=O) groups excluding carboxylic acids is 1. The van der Waals surface area contributed by atoms with Crippen molar-refractivity contribution >= 4 is 22.9 Å². The number of hydrogen-bond donors (Lipinski definition) is 0. The second kappa shape index (κ2) is 9.50. The summed E-state index contributed by atoms with van der Waals surface area (Å²) in [7, 11) is 0. The molecule has 37 heavy (non-hydrogen) atoms. The fourth-order valence-corrected chi connectivity index (χ4v) is 4.54. The Morgan fingerprint density at radius 1 is 1.11 bits per heavy atom. The van der Waals surface area contributed by atoms with Gasteiger partial charge in [-0.15, -0.1) is 0 Å². The minimum absolute atomic E-state index is 0.0145. The average Bonchev–Trinajstić information content (AvgIpc) is 3.28. The highest BCUT2D eigenvalue weighted by molar-refractivity contribution is 6.01. The molecule has 0 bridgehead atoms. The van der Waals surface area contributed by atoms with Crippen molar-refractivity contribution in [2.75, 3.05) is 24.5 Å². The van der Waals surface area contributed by atoms with Gasteiger partial charge >= 0.3 is 6.09 Å². The van der Waals surface area contributed by atoms with Crippen LogP contribution < -0.4 is 4.90 Å². The predicted octanol–water partition coefficient (Wildman–Crippen LogP) is 4.19.